The van der Waals surface area contributed by atoms with E-state index in [2.05, 4.69) is 43.4 Å². The third kappa shape index (κ3) is 1.92. The van der Waals surface area contributed by atoms with Gasteiger partial charge in [-0.15, -0.1) is 0 Å². The number of alkyl halides is 1. The lowest BCUT2D eigenvalue weighted by atomic mass is 9.67. The lowest BCUT2D eigenvalue weighted by molar-refractivity contribution is -0.142. The van der Waals surface area contributed by atoms with Gasteiger partial charge in [0.25, 0.3) is 0 Å². The number of fused-ring (bicyclic) bond motifs is 1. The van der Waals surface area contributed by atoms with Crippen molar-refractivity contribution in [2.24, 2.45) is 17.3 Å². The summed E-state index contributed by atoms with van der Waals surface area (Å²) in [6.45, 7) is 6.76. The molecule has 2 nitrogen and oxygen atoms in total. The molecule has 2 fully saturated rings. The van der Waals surface area contributed by atoms with E-state index in [1.807, 2.05) is 0 Å². The molecule has 1 saturated carbocycles. The van der Waals surface area contributed by atoms with E-state index in [-0.39, 0.29) is 17.5 Å². The van der Waals surface area contributed by atoms with Crippen LogP contribution < -0.4 is 0 Å². The average molecular weight is 322 g/mol. The Morgan fingerprint density at radius 3 is 2.80 bits per heavy atom. The SMILES string of the molecule is CC(C)[C@@H]1CC[C@]2(C)CC(=O)O[C@@H]2[C@H]1I. The Hall–Kier alpha value is 0.200. The molecule has 1 saturated heterocycles. The van der Waals surface area contributed by atoms with Gasteiger partial charge in [0.15, 0.2) is 0 Å². The molecule has 0 aromatic heterocycles. The Labute approximate surface area is 105 Å². The van der Waals surface area contributed by atoms with Gasteiger partial charge in [0, 0.05) is 5.41 Å². The van der Waals surface area contributed by atoms with Crippen LogP contribution in [0.25, 0.3) is 0 Å². The van der Waals surface area contributed by atoms with E-state index < -0.39 is 0 Å². The van der Waals surface area contributed by atoms with Gasteiger partial charge in [0.1, 0.15) is 6.10 Å². The number of carbonyl (C=O) groups is 1. The van der Waals surface area contributed by atoms with Crippen molar-refractivity contribution in [1.82, 2.24) is 0 Å². The molecule has 3 heteroatoms. The lowest BCUT2D eigenvalue weighted by Gasteiger charge is -2.43. The van der Waals surface area contributed by atoms with E-state index in [0.29, 0.717) is 22.2 Å². The van der Waals surface area contributed by atoms with Crippen molar-refractivity contribution in [2.75, 3.05) is 0 Å². The smallest absolute Gasteiger partial charge is 0.306 e. The van der Waals surface area contributed by atoms with Gasteiger partial charge < -0.3 is 4.74 Å². The molecule has 1 heterocycles. The van der Waals surface area contributed by atoms with Gasteiger partial charge in [-0.05, 0) is 24.7 Å². The van der Waals surface area contributed by atoms with Crippen LogP contribution in [0.5, 0.6) is 0 Å². The van der Waals surface area contributed by atoms with Gasteiger partial charge in [-0.25, -0.2) is 0 Å². The van der Waals surface area contributed by atoms with Crippen LogP contribution in [-0.2, 0) is 9.53 Å². The molecule has 15 heavy (non-hydrogen) atoms. The number of hydrogen-bond acceptors (Lipinski definition) is 2. The number of carbonyl (C=O) groups excluding carboxylic acids is 1. The summed E-state index contributed by atoms with van der Waals surface area (Å²) in [6.07, 6.45) is 3.18. The molecule has 0 amide bonds. The first-order chi connectivity index (χ1) is 6.94. The monoisotopic (exact) mass is 322 g/mol. The molecule has 0 radical (unpaired) electrons. The van der Waals surface area contributed by atoms with Crippen molar-refractivity contribution < 1.29 is 9.53 Å². The molecule has 4 atom stereocenters. The molecule has 86 valence electrons. The Balaban J connectivity index is 2.19. The Morgan fingerprint density at radius 1 is 1.53 bits per heavy atom. The van der Waals surface area contributed by atoms with E-state index in [1.165, 1.54) is 6.42 Å². The molecule has 0 N–H and O–H groups in total. The molecular formula is C12H19IO2. The molecular weight excluding hydrogens is 303 g/mol. The van der Waals surface area contributed by atoms with Crippen molar-refractivity contribution in [2.45, 2.75) is 50.1 Å². The van der Waals surface area contributed by atoms with Gasteiger partial charge in [-0.3, -0.25) is 4.79 Å². The van der Waals surface area contributed by atoms with Gasteiger partial charge in [-0.2, -0.15) is 0 Å². The molecule has 2 aliphatic rings. The second-order valence-electron chi connectivity index (χ2n) is 5.63. The van der Waals surface area contributed by atoms with Gasteiger partial charge in [0.05, 0.1) is 10.3 Å². The average Bonchev–Trinajstić information content (AvgIpc) is 2.41. The van der Waals surface area contributed by atoms with Gasteiger partial charge >= 0.3 is 5.97 Å². The summed E-state index contributed by atoms with van der Waals surface area (Å²) in [7, 11) is 0. The minimum atomic E-state index is 0.00794. The first-order valence-electron chi connectivity index (χ1n) is 5.77. The number of halogens is 1. The predicted octanol–water partition coefficient (Wildman–Crippen LogP) is 3.18. The van der Waals surface area contributed by atoms with Crippen molar-refractivity contribution in [3.63, 3.8) is 0 Å². The molecule has 1 aliphatic heterocycles. The number of ether oxygens (including phenoxy) is 1. The number of rotatable bonds is 1. The summed E-state index contributed by atoms with van der Waals surface area (Å²) in [5.74, 6) is 1.40. The summed E-state index contributed by atoms with van der Waals surface area (Å²) in [5, 5.41) is 0. The predicted molar refractivity (Wildman–Crippen MR) is 68.0 cm³/mol. The number of hydrogen-bond donors (Lipinski definition) is 0. The van der Waals surface area contributed by atoms with Crippen molar-refractivity contribution in [3.05, 3.63) is 0 Å². The highest BCUT2D eigenvalue weighted by molar-refractivity contribution is 14.1. The van der Waals surface area contributed by atoms with Gasteiger partial charge in [-0.1, -0.05) is 43.4 Å². The van der Waals surface area contributed by atoms with E-state index in [4.69, 9.17) is 4.74 Å². The van der Waals surface area contributed by atoms with Crippen LogP contribution in [0.2, 0.25) is 0 Å². The molecule has 0 aromatic rings. The van der Waals surface area contributed by atoms with Crippen LogP contribution in [0.3, 0.4) is 0 Å². The highest BCUT2D eigenvalue weighted by Crippen LogP contribution is 2.51. The highest BCUT2D eigenvalue weighted by atomic mass is 127. The van der Waals surface area contributed by atoms with Crippen LogP contribution in [0.1, 0.15) is 40.0 Å². The van der Waals surface area contributed by atoms with Crippen LogP contribution in [0, 0.1) is 17.3 Å². The third-order valence-corrected chi connectivity index (χ3v) is 5.67. The van der Waals surface area contributed by atoms with E-state index in [9.17, 15) is 4.79 Å². The fourth-order valence-electron chi connectivity index (χ4n) is 3.02. The maximum Gasteiger partial charge on any atom is 0.306 e. The molecule has 0 unspecified atom stereocenters. The van der Waals surface area contributed by atoms with Crippen LogP contribution in [-0.4, -0.2) is 16.0 Å². The third-order valence-electron chi connectivity index (χ3n) is 4.10. The summed E-state index contributed by atoms with van der Waals surface area (Å²) in [6, 6.07) is 0. The zero-order valence-corrected chi connectivity index (χ0v) is 11.8. The van der Waals surface area contributed by atoms with E-state index in [1.54, 1.807) is 0 Å². The van der Waals surface area contributed by atoms with Crippen LogP contribution in [0.15, 0.2) is 0 Å². The Bertz CT molecular complexity index is 277. The zero-order chi connectivity index (χ0) is 11.2. The molecule has 0 aromatic carbocycles. The Kier molecular flexibility index (Phi) is 3.03. The topological polar surface area (TPSA) is 26.3 Å². The first kappa shape index (κ1) is 11.7. The summed E-state index contributed by atoms with van der Waals surface area (Å²) in [5.41, 5.74) is 0.119. The number of esters is 1. The maximum atomic E-state index is 11.4. The minimum Gasteiger partial charge on any atom is -0.461 e. The second-order valence-corrected chi connectivity index (χ2v) is 7.07. The summed E-state index contributed by atoms with van der Waals surface area (Å²) < 4.78 is 6.01. The largest absolute Gasteiger partial charge is 0.461 e. The van der Waals surface area contributed by atoms with Crippen LogP contribution in [0.4, 0.5) is 0 Å². The molecule has 0 bridgehead atoms. The fraction of sp³-hybridized carbons (Fsp3) is 0.917. The molecule has 2 rings (SSSR count). The highest BCUT2D eigenvalue weighted by Gasteiger charge is 2.53. The van der Waals surface area contributed by atoms with Gasteiger partial charge in [0.2, 0.25) is 0 Å². The zero-order valence-electron chi connectivity index (χ0n) is 9.63. The second kappa shape index (κ2) is 3.90. The van der Waals surface area contributed by atoms with Crippen molar-refractivity contribution >= 4 is 28.6 Å². The van der Waals surface area contributed by atoms with E-state index in [0.717, 1.165) is 6.42 Å². The Morgan fingerprint density at radius 2 is 2.20 bits per heavy atom. The summed E-state index contributed by atoms with van der Waals surface area (Å²) in [4.78, 5) is 11.4. The first-order valence-corrected chi connectivity index (χ1v) is 7.02. The van der Waals surface area contributed by atoms with Crippen molar-refractivity contribution in [1.29, 1.82) is 0 Å². The minimum absolute atomic E-state index is 0.00794. The fourth-order valence-corrected chi connectivity index (χ4v) is 5.22. The van der Waals surface area contributed by atoms with E-state index >= 15 is 0 Å². The standard InChI is InChI=1S/C12H19IO2/c1-7(2)8-4-5-12(3)6-9(14)15-11(12)10(8)13/h7-8,10-11H,4-6H2,1-3H3/t8-,10-,11+,12+/m0/s1. The quantitative estimate of drug-likeness (QED) is 0.421. The van der Waals surface area contributed by atoms with Crippen LogP contribution >= 0.6 is 22.6 Å². The lowest BCUT2D eigenvalue weighted by Crippen LogP contribution is -2.45. The molecule has 0 spiro atoms. The molecule has 1 aliphatic carbocycles. The maximum absolute atomic E-state index is 11.4. The summed E-state index contributed by atoms with van der Waals surface area (Å²) >= 11 is 2.49. The normalized spacial score (nSPS) is 45.4. The van der Waals surface area contributed by atoms with Crippen molar-refractivity contribution in [3.8, 4) is 0 Å².